The summed E-state index contributed by atoms with van der Waals surface area (Å²) in [5, 5.41) is 0. The molecule has 0 N–H and O–H groups in total. The topological polar surface area (TPSA) is 46.6 Å². The quantitative estimate of drug-likeness (QED) is 0.531. The fraction of sp³-hybridized carbons (Fsp3) is 0.833. The van der Waals surface area contributed by atoms with Gasteiger partial charge in [-0.05, 0) is 39.5 Å². The van der Waals surface area contributed by atoms with Gasteiger partial charge in [0, 0.05) is 13.6 Å². The third kappa shape index (κ3) is 3.83. The Hall–Kier alpha value is -1.06. The Morgan fingerprint density at radius 1 is 1.31 bits per heavy atom. The summed E-state index contributed by atoms with van der Waals surface area (Å²) in [4.78, 5) is 24.6. The third-order valence-corrected chi connectivity index (χ3v) is 2.68. The summed E-state index contributed by atoms with van der Waals surface area (Å²) in [5.41, 5.74) is -0.607. The summed E-state index contributed by atoms with van der Waals surface area (Å²) in [6.07, 6.45) is 3.55. The van der Waals surface area contributed by atoms with Crippen molar-refractivity contribution in [1.29, 1.82) is 0 Å². The Morgan fingerprint density at radius 3 is 2.25 bits per heavy atom. The van der Waals surface area contributed by atoms with E-state index in [0.717, 1.165) is 12.8 Å². The molecule has 0 spiro atoms. The van der Waals surface area contributed by atoms with Gasteiger partial charge in [0.1, 0.15) is 5.60 Å². The molecule has 4 nitrogen and oxygen atoms in total. The van der Waals surface area contributed by atoms with Gasteiger partial charge in [0.25, 0.3) is 0 Å². The van der Waals surface area contributed by atoms with E-state index in [0.29, 0.717) is 12.5 Å². The zero-order chi connectivity index (χ0) is 12.3. The summed E-state index contributed by atoms with van der Waals surface area (Å²) in [5.74, 6) is -0.729. The van der Waals surface area contributed by atoms with Crippen molar-refractivity contribution in [2.24, 2.45) is 5.92 Å². The molecule has 1 amide bonds. The molecule has 0 saturated heterocycles. The SMILES string of the molecule is CN(CC1CCC1)C(=O)C(=O)OC(C)(C)C. The van der Waals surface area contributed by atoms with Crippen LogP contribution in [0.1, 0.15) is 40.0 Å². The zero-order valence-electron chi connectivity index (χ0n) is 10.6. The van der Waals surface area contributed by atoms with Gasteiger partial charge < -0.3 is 9.64 Å². The van der Waals surface area contributed by atoms with Crippen molar-refractivity contribution >= 4 is 11.9 Å². The van der Waals surface area contributed by atoms with E-state index in [4.69, 9.17) is 4.74 Å². The Morgan fingerprint density at radius 2 is 1.88 bits per heavy atom. The molecule has 16 heavy (non-hydrogen) atoms. The van der Waals surface area contributed by atoms with Crippen molar-refractivity contribution in [3.05, 3.63) is 0 Å². The van der Waals surface area contributed by atoms with Gasteiger partial charge in [-0.1, -0.05) is 6.42 Å². The Bertz CT molecular complexity index is 276. The van der Waals surface area contributed by atoms with E-state index in [1.807, 2.05) is 0 Å². The molecular formula is C12H21NO3. The van der Waals surface area contributed by atoms with Gasteiger partial charge >= 0.3 is 11.9 Å². The van der Waals surface area contributed by atoms with Gasteiger partial charge in [0.2, 0.25) is 0 Å². The van der Waals surface area contributed by atoms with Crippen LogP contribution in [-0.2, 0) is 14.3 Å². The summed E-state index contributed by atoms with van der Waals surface area (Å²) < 4.78 is 5.02. The molecule has 92 valence electrons. The van der Waals surface area contributed by atoms with Crippen LogP contribution in [0.4, 0.5) is 0 Å². The highest BCUT2D eigenvalue weighted by molar-refractivity contribution is 6.32. The summed E-state index contributed by atoms with van der Waals surface area (Å²) in [7, 11) is 1.66. The van der Waals surface area contributed by atoms with Crippen molar-refractivity contribution in [3.8, 4) is 0 Å². The molecule has 0 aromatic carbocycles. The average molecular weight is 227 g/mol. The highest BCUT2D eigenvalue weighted by atomic mass is 16.6. The molecule has 0 aliphatic heterocycles. The molecule has 1 aliphatic rings. The van der Waals surface area contributed by atoms with E-state index in [1.54, 1.807) is 27.8 Å². The zero-order valence-corrected chi connectivity index (χ0v) is 10.6. The maximum Gasteiger partial charge on any atom is 0.397 e. The molecule has 0 unspecified atom stereocenters. The Kier molecular flexibility index (Phi) is 3.94. The number of ether oxygens (including phenoxy) is 1. The van der Waals surface area contributed by atoms with Gasteiger partial charge in [-0.3, -0.25) is 4.79 Å². The Labute approximate surface area is 96.9 Å². The van der Waals surface area contributed by atoms with Gasteiger partial charge in [0.15, 0.2) is 0 Å². The summed E-state index contributed by atoms with van der Waals surface area (Å²) >= 11 is 0. The first-order valence-corrected chi connectivity index (χ1v) is 5.78. The highest BCUT2D eigenvalue weighted by Gasteiger charge is 2.28. The number of esters is 1. The number of hydrogen-bond donors (Lipinski definition) is 0. The lowest BCUT2D eigenvalue weighted by Gasteiger charge is -2.30. The van der Waals surface area contributed by atoms with Crippen LogP contribution in [0, 0.1) is 5.92 Å². The third-order valence-electron chi connectivity index (χ3n) is 2.68. The first-order chi connectivity index (χ1) is 7.29. The van der Waals surface area contributed by atoms with Crippen molar-refractivity contribution in [2.75, 3.05) is 13.6 Å². The van der Waals surface area contributed by atoms with Crippen molar-refractivity contribution in [1.82, 2.24) is 4.90 Å². The van der Waals surface area contributed by atoms with Gasteiger partial charge in [0.05, 0.1) is 0 Å². The van der Waals surface area contributed by atoms with Crippen LogP contribution in [-0.4, -0.2) is 36.0 Å². The lowest BCUT2D eigenvalue weighted by Crippen LogP contribution is -2.41. The first kappa shape index (κ1) is 13.0. The minimum atomic E-state index is -0.755. The van der Waals surface area contributed by atoms with Gasteiger partial charge in [-0.2, -0.15) is 0 Å². The van der Waals surface area contributed by atoms with Crippen molar-refractivity contribution in [3.63, 3.8) is 0 Å². The molecule has 0 radical (unpaired) electrons. The largest absolute Gasteiger partial charge is 0.453 e. The van der Waals surface area contributed by atoms with Crippen LogP contribution < -0.4 is 0 Å². The van der Waals surface area contributed by atoms with Crippen LogP contribution in [0.25, 0.3) is 0 Å². The normalized spacial score (nSPS) is 16.5. The second-order valence-corrected chi connectivity index (χ2v) is 5.48. The van der Waals surface area contributed by atoms with Crippen molar-refractivity contribution in [2.45, 2.75) is 45.6 Å². The monoisotopic (exact) mass is 227 g/mol. The fourth-order valence-corrected chi connectivity index (χ4v) is 1.62. The number of amides is 1. The van der Waals surface area contributed by atoms with Crippen molar-refractivity contribution < 1.29 is 14.3 Å². The van der Waals surface area contributed by atoms with Crippen LogP contribution in [0.3, 0.4) is 0 Å². The molecule has 1 rings (SSSR count). The van der Waals surface area contributed by atoms with Crippen LogP contribution >= 0.6 is 0 Å². The number of carbonyl (C=O) groups excluding carboxylic acids is 2. The molecular weight excluding hydrogens is 206 g/mol. The molecule has 0 aromatic rings. The van der Waals surface area contributed by atoms with Gasteiger partial charge in [-0.25, -0.2) is 4.79 Å². The van der Waals surface area contributed by atoms with Crippen LogP contribution in [0.2, 0.25) is 0 Å². The number of rotatable bonds is 2. The van der Waals surface area contributed by atoms with E-state index in [-0.39, 0.29) is 0 Å². The minimum absolute atomic E-state index is 0.540. The number of nitrogens with zero attached hydrogens (tertiary/aromatic N) is 1. The van der Waals surface area contributed by atoms with E-state index >= 15 is 0 Å². The lowest BCUT2D eigenvalue weighted by molar-refractivity contribution is -0.167. The Balaban J connectivity index is 2.39. The van der Waals surface area contributed by atoms with E-state index < -0.39 is 17.5 Å². The van der Waals surface area contributed by atoms with Crippen LogP contribution in [0.15, 0.2) is 0 Å². The number of carbonyl (C=O) groups is 2. The molecule has 1 saturated carbocycles. The molecule has 1 aliphatic carbocycles. The molecule has 0 heterocycles. The standard InChI is InChI=1S/C12H21NO3/c1-12(2,3)16-11(15)10(14)13(4)8-9-6-5-7-9/h9H,5-8H2,1-4H3. The van der Waals surface area contributed by atoms with E-state index in [2.05, 4.69) is 0 Å². The molecule has 0 bridgehead atoms. The maximum atomic E-state index is 11.6. The molecule has 1 fully saturated rings. The van der Waals surface area contributed by atoms with E-state index in [1.165, 1.54) is 11.3 Å². The second-order valence-electron chi connectivity index (χ2n) is 5.48. The fourth-order valence-electron chi connectivity index (χ4n) is 1.62. The van der Waals surface area contributed by atoms with E-state index in [9.17, 15) is 9.59 Å². The summed E-state index contributed by atoms with van der Waals surface area (Å²) in [6.45, 7) is 5.93. The molecule has 4 heteroatoms. The predicted octanol–water partition coefficient (Wildman–Crippen LogP) is 1.59. The van der Waals surface area contributed by atoms with Gasteiger partial charge in [-0.15, -0.1) is 0 Å². The average Bonchev–Trinajstić information content (AvgIpc) is 2.06. The second kappa shape index (κ2) is 4.85. The minimum Gasteiger partial charge on any atom is -0.453 e. The highest BCUT2D eigenvalue weighted by Crippen LogP contribution is 2.26. The smallest absolute Gasteiger partial charge is 0.397 e. The predicted molar refractivity (Wildman–Crippen MR) is 60.8 cm³/mol. The molecule has 0 aromatic heterocycles. The maximum absolute atomic E-state index is 11.6. The first-order valence-electron chi connectivity index (χ1n) is 5.78. The number of likely N-dealkylation sites (N-methyl/N-ethyl adjacent to an activating group) is 1. The summed E-state index contributed by atoms with van der Waals surface area (Å²) in [6, 6.07) is 0. The molecule has 0 atom stereocenters. The van der Waals surface area contributed by atoms with Crippen LogP contribution in [0.5, 0.6) is 0 Å². The lowest BCUT2D eigenvalue weighted by atomic mass is 9.85. The number of hydrogen-bond acceptors (Lipinski definition) is 3.